The molecule has 1 amide bonds. The van der Waals surface area contributed by atoms with Crippen LogP contribution in [0.3, 0.4) is 0 Å². The summed E-state index contributed by atoms with van der Waals surface area (Å²) in [5.74, 6) is -4.33. The van der Waals surface area contributed by atoms with E-state index in [9.17, 15) is 18.0 Å². The van der Waals surface area contributed by atoms with E-state index in [4.69, 9.17) is 4.74 Å². The Morgan fingerprint density at radius 1 is 0.920 bits per heavy atom. The lowest BCUT2D eigenvalue weighted by Crippen LogP contribution is -2.14. The molecule has 25 heavy (non-hydrogen) atoms. The minimum Gasteiger partial charge on any atom is -0.439 e. The number of nitrogens with zero attached hydrogens (tertiary/aromatic N) is 1. The molecule has 2 aromatic carbocycles. The summed E-state index contributed by atoms with van der Waals surface area (Å²) >= 11 is 0. The number of rotatable bonds is 4. The summed E-state index contributed by atoms with van der Waals surface area (Å²) in [6.07, 6.45) is 1.23. The van der Waals surface area contributed by atoms with Crippen LogP contribution in [0.2, 0.25) is 0 Å². The molecule has 0 unspecified atom stereocenters. The van der Waals surface area contributed by atoms with Crippen LogP contribution in [0.4, 0.5) is 18.9 Å². The number of anilines is 1. The number of halogens is 3. The summed E-state index contributed by atoms with van der Waals surface area (Å²) in [7, 11) is 0. The lowest BCUT2D eigenvalue weighted by atomic mass is 10.2. The van der Waals surface area contributed by atoms with Gasteiger partial charge in [0.05, 0.1) is 11.3 Å². The molecule has 1 aromatic heterocycles. The maximum absolute atomic E-state index is 13.6. The molecule has 0 saturated heterocycles. The molecule has 0 fully saturated rings. The van der Waals surface area contributed by atoms with Crippen molar-refractivity contribution in [2.45, 2.75) is 0 Å². The Kier molecular flexibility index (Phi) is 4.65. The molecule has 1 N–H and O–H groups in total. The molecular formula is C18H11F3N2O2. The molecule has 0 aliphatic carbocycles. The summed E-state index contributed by atoms with van der Waals surface area (Å²) in [5.41, 5.74) is -0.363. The van der Waals surface area contributed by atoms with E-state index in [2.05, 4.69) is 10.3 Å². The maximum atomic E-state index is 13.6. The molecule has 0 aliphatic heterocycles. The van der Waals surface area contributed by atoms with Crippen LogP contribution in [0.25, 0.3) is 0 Å². The van der Waals surface area contributed by atoms with E-state index in [1.165, 1.54) is 18.3 Å². The Balaban J connectivity index is 1.72. The fraction of sp³-hybridized carbons (Fsp3) is 0. The molecule has 4 nitrogen and oxygen atoms in total. The van der Waals surface area contributed by atoms with Crippen LogP contribution in [0.1, 0.15) is 10.4 Å². The predicted octanol–water partition coefficient (Wildman–Crippen LogP) is 4.54. The summed E-state index contributed by atoms with van der Waals surface area (Å²) in [6.45, 7) is 0. The SMILES string of the molecule is O=C(Nc1ccc(F)c(F)c1F)c1ccc(Oc2ccccc2)nc1. The standard InChI is InChI=1S/C18H11F3N2O2/c19-13-7-8-14(17(21)16(13)20)23-18(24)11-6-9-15(22-10-11)25-12-4-2-1-3-5-12/h1-10H,(H,23,24). The second-order valence-corrected chi connectivity index (χ2v) is 4.98. The normalized spacial score (nSPS) is 10.4. The van der Waals surface area contributed by atoms with Gasteiger partial charge in [-0.15, -0.1) is 0 Å². The van der Waals surface area contributed by atoms with E-state index in [0.717, 1.165) is 12.1 Å². The van der Waals surface area contributed by atoms with Gasteiger partial charge in [0, 0.05) is 12.3 Å². The van der Waals surface area contributed by atoms with Crippen molar-refractivity contribution in [3.63, 3.8) is 0 Å². The van der Waals surface area contributed by atoms with Crippen LogP contribution in [-0.2, 0) is 0 Å². The van der Waals surface area contributed by atoms with Crippen molar-refractivity contribution in [1.29, 1.82) is 0 Å². The van der Waals surface area contributed by atoms with Gasteiger partial charge in [-0.1, -0.05) is 18.2 Å². The molecule has 0 spiro atoms. The Morgan fingerprint density at radius 3 is 2.36 bits per heavy atom. The van der Waals surface area contributed by atoms with E-state index in [0.29, 0.717) is 5.75 Å². The summed E-state index contributed by atoms with van der Waals surface area (Å²) in [6, 6.07) is 13.5. The first-order valence-corrected chi connectivity index (χ1v) is 7.18. The van der Waals surface area contributed by atoms with Gasteiger partial charge in [0.2, 0.25) is 5.88 Å². The second kappa shape index (κ2) is 7.04. The van der Waals surface area contributed by atoms with Gasteiger partial charge in [-0.3, -0.25) is 4.79 Å². The van der Waals surface area contributed by atoms with Crippen LogP contribution in [0, 0.1) is 17.5 Å². The van der Waals surface area contributed by atoms with Crippen LogP contribution in [0.5, 0.6) is 11.6 Å². The molecule has 0 aliphatic rings. The maximum Gasteiger partial charge on any atom is 0.257 e. The lowest BCUT2D eigenvalue weighted by Gasteiger charge is -2.08. The van der Waals surface area contributed by atoms with Gasteiger partial charge in [-0.2, -0.15) is 0 Å². The largest absolute Gasteiger partial charge is 0.439 e. The molecular weight excluding hydrogens is 333 g/mol. The molecule has 3 rings (SSSR count). The van der Waals surface area contributed by atoms with Crippen molar-refractivity contribution in [2.24, 2.45) is 0 Å². The number of benzene rings is 2. The van der Waals surface area contributed by atoms with Gasteiger partial charge >= 0.3 is 0 Å². The third-order valence-corrected chi connectivity index (χ3v) is 3.25. The van der Waals surface area contributed by atoms with Crippen molar-refractivity contribution in [3.8, 4) is 11.6 Å². The summed E-state index contributed by atoms with van der Waals surface area (Å²) in [5, 5.41) is 2.16. The van der Waals surface area contributed by atoms with Gasteiger partial charge in [-0.25, -0.2) is 18.2 Å². The number of ether oxygens (including phenoxy) is 1. The zero-order chi connectivity index (χ0) is 17.8. The zero-order valence-corrected chi connectivity index (χ0v) is 12.7. The van der Waals surface area contributed by atoms with E-state index in [1.807, 2.05) is 6.07 Å². The van der Waals surface area contributed by atoms with Crippen LogP contribution in [0.15, 0.2) is 60.8 Å². The molecule has 1 heterocycles. The zero-order valence-electron chi connectivity index (χ0n) is 12.7. The van der Waals surface area contributed by atoms with Crippen molar-refractivity contribution in [3.05, 3.63) is 83.8 Å². The Bertz CT molecular complexity index is 900. The number of carbonyl (C=O) groups excluding carboxylic acids is 1. The van der Waals surface area contributed by atoms with Gasteiger partial charge in [0.15, 0.2) is 17.5 Å². The molecule has 0 saturated carbocycles. The van der Waals surface area contributed by atoms with Gasteiger partial charge in [0.1, 0.15) is 5.75 Å². The van der Waals surface area contributed by atoms with Crippen molar-refractivity contribution < 1.29 is 22.7 Å². The Labute approximate surface area is 140 Å². The number of aromatic nitrogens is 1. The second-order valence-electron chi connectivity index (χ2n) is 4.98. The predicted molar refractivity (Wildman–Crippen MR) is 85.0 cm³/mol. The molecule has 7 heteroatoms. The van der Waals surface area contributed by atoms with Crippen LogP contribution in [-0.4, -0.2) is 10.9 Å². The monoisotopic (exact) mass is 344 g/mol. The van der Waals surface area contributed by atoms with Crippen LogP contribution < -0.4 is 10.1 Å². The van der Waals surface area contributed by atoms with Crippen molar-refractivity contribution in [1.82, 2.24) is 4.98 Å². The quantitative estimate of drug-likeness (QED) is 0.707. The van der Waals surface area contributed by atoms with Gasteiger partial charge < -0.3 is 10.1 Å². The lowest BCUT2D eigenvalue weighted by molar-refractivity contribution is 0.102. The molecule has 3 aromatic rings. The van der Waals surface area contributed by atoms with E-state index in [1.54, 1.807) is 24.3 Å². The number of hydrogen-bond donors (Lipinski definition) is 1. The number of amides is 1. The average Bonchev–Trinajstić information content (AvgIpc) is 2.63. The highest BCUT2D eigenvalue weighted by molar-refractivity contribution is 6.04. The molecule has 0 bridgehead atoms. The Hall–Kier alpha value is -3.35. The topological polar surface area (TPSA) is 51.2 Å². The van der Waals surface area contributed by atoms with Crippen LogP contribution >= 0.6 is 0 Å². The van der Waals surface area contributed by atoms with Crippen molar-refractivity contribution >= 4 is 11.6 Å². The highest BCUT2D eigenvalue weighted by Crippen LogP contribution is 2.21. The molecule has 0 radical (unpaired) electrons. The minimum atomic E-state index is -1.65. The fourth-order valence-corrected chi connectivity index (χ4v) is 2.00. The van der Waals surface area contributed by atoms with E-state index < -0.39 is 29.0 Å². The number of carbonyl (C=O) groups is 1. The molecule has 126 valence electrons. The minimum absolute atomic E-state index is 0.101. The van der Waals surface area contributed by atoms with E-state index >= 15 is 0 Å². The van der Waals surface area contributed by atoms with Gasteiger partial charge in [-0.05, 0) is 30.3 Å². The van der Waals surface area contributed by atoms with Crippen molar-refractivity contribution in [2.75, 3.05) is 5.32 Å². The molecule has 0 atom stereocenters. The third-order valence-electron chi connectivity index (χ3n) is 3.25. The number of para-hydroxylation sites is 1. The van der Waals surface area contributed by atoms with Gasteiger partial charge in [0.25, 0.3) is 5.91 Å². The third kappa shape index (κ3) is 3.77. The van der Waals surface area contributed by atoms with E-state index in [-0.39, 0.29) is 11.4 Å². The highest BCUT2D eigenvalue weighted by Gasteiger charge is 2.16. The first kappa shape index (κ1) is 16.5. The number of hydrogen-bond acceptors (Lipinski definition) is 3. The summed E-state index contributed by atoms with van der Waals surface area (Å²) in [4.78, 5) is 16.0. The number of nitrogens with one attached hydrogen (secondary N) is 1. The Morgan fingerprint density at radius 2 is 1.68 bits per heavy atom. The number of pyridine rings is 1. The highest BCUT2D eigenvalue weighted by atomic mass is 19.2. The average molecular weight is 344 g/mol. The smallest absolute Gasteiger partial charge is 0.257 e. The summed E-state index contributed by atoms with van der Waals surface area (Å²) < 4.78 is 45.1. The first-order chi connectivity index (χ1) is 12.0. The first-order valence-electron chi connectivity index (χ1n) is 7.18. The fourth-order valence-electron chi connectivity index (χ4n) is 2.00.